The summed E-state index contributed by atoms with van der Waals surface area (Å²) in [6, 6.07) is 12.4. The number of fused-ring (bicyclic) bond motifs is 7. The molecule has 2 atom stereocenters. The van der Waals surface area contributed by atoms with Crippen LogP contribution in [0.4, 0.5) is 0 Å². The Balaban J connectivity index is 1.77. The highest BCUT2D eigenvalue weighted by Crippen LogP contribution is 2.66. The number of methoxy groups -OCH3 is 1. The highest BCUT2D eigenvalue weighted by Gasteiger charge is 2.59. The van der Waals surface area contributed by atoms with Gasteiger partial charge in [0.15, 0.2) is 0 Å². The van der Waals surface area contributed by atoms with Gasteiger partial charge in [-0.15, -0.1) is 0 Å². The van der Waals surface area contributed by atoms with Gasteiger partial charge >= 0.3 is 5.97 Å². The van der Waals surface area contributed by atoms with Crippen LogP contribution in [0.25, 0.3) is 22.2 Å². The maximum Gasteiger partial charge on any atom is 0.335 e. The van der Waals surface area contributed by atoms with E-state index in [1.54, 1.807) is 13.2 Å². The summed E-state index contributed by atoms with van der Waals surface area (Å²) in [6.45, 7) is 10.6. The molecule has 2 N–H and O–H groups in total. The molecule has 0 bridgehead atoms. The fraction of sp³-hybridized carbons (Fsp3) is 0.531. The molecule has 2 unspecified atom stereocenters. The van der Waals surface area contributed by atoms with Crippen LogP contribution in [0.15, 0.2) is 36.4 Å². The molecule has 3 aromatic rings. The van der Waals surface area contributed by atoms with E-state index in [4.69, 9.17) is 4.74 Å². The number of hydrogen-bond acceptors (Lipinski definition) is 5. The van der Waals surface area contributed by atoms with E-state index < -0.39 is 5.97 Å². The molecular weight excluding hydrogens is 506 g/mol. The summed E-state index contributed by atoms with van der Waals surface area (Å²) < 4.78 is 10.7. The molecular formula is C32H43N3O3S. The minimum atomic E-state index is -0.871. The Labute approximate surface area is 237 Å². The van der Waals surface area contributed by atoms with Crippen LogP contribution in [0.5, 0.6) is 5.75 Å². The Kier molecular flexibility index (Phi) is 8.32. The van der Waals surface area contributed by atoms with E-state index in [-0.39, 0.29) is 4.75 Å². The van der Waals surface area contributed by atoms with E-state index in [0.717, 1.165) is 69.5 Å². The van der Waals surface area contributed by atoms with Gasteiger partial charge in [-0.1, -0.05) is 51.6 Å². The molecule has 210 valence electrons. The first-order valence-electron chi connectivity index (χ1n) is 14.6. The van der Waals surface area contributed by atoms with Gasteiger partial charge in [0.05, 0.1) is 23.1 Å². The first-order valence-corrected chi connectivity index (χ1v) is 15.3. The number of carboxylic acid groups (broad SMARTS) is 1. The van der Waals surface area contributed by atoms with E-state index >= 15 is 0 Å². The second kappa shape index (κ2) is 11.6. The van der Waals surface area contributed by atoms with Crippen LogP contribution in [-0.2, 0) is 6.54 Å². The van der Waals surface area contributed by atoms with Gasteiger partial charge in [0, 0.05) is 48.6 Å². The van der Waals surface area contributed by atoms with Crippen molar-refractivity contribution in [1.82, 2.24) is 14.2 Å². The van der Waals surface area contributed by atoms with Gasteiger partial charge in [0.25, 0.3) is 0 Å². The fourth-order valence-electron chi connectivity index (χ4n) is 6.69. The number of ether oxygens (including phenoxy) is 1. The summed E-state index contributed by atoms with van der Waals surface area (Å²) in [4.78, 5) is 12.1. The zero-order chi connectivity index (χ0) is 27.7. The summed E-state index contributed by atoms with van der Waals surface area (Å²) in [6.07, 6.45) is 5.61. The van der Waals surface area contributed by atoms with Crippen molar-refractivity contribution in [3.63, 3.8) is 0 Å². The van der Waals surface area contributed by atoms with Gasteiger partial charge in [-0.25, -0.2) is 9.10 Å². The van der Waals surface area contributed by atoms with Gasteiger partial charge in [-0.05, 0) is 73.7 Å². The Morgan fingerprint density at radius 2 is 1.97 bits per heavy atom. The lowest BCUT2D eigenvalue weighted by molar-refractivity contribution is 0.0697. The van der Waals surface area contributed by atoms with E-state index in [1.165, 1.54) is 27.8 Å². The number of hydrogen-bond donors (Lipinski definition) is 2. The van der Waals surface area contributed by atoms with Crippen molar-refractivity contribution in [2.75, 3.05) is 33.8 Å². The number of carboxylic acids is 1. The molecule has 39 heavy (non-hydrogen) atoms. The number of carbonyl (C=O) groups is 1. The molecule has 0 radical (unpaired) electrons. The van der Waals surface area contributed by atoms with Gasteiger partial charge in [0.2, 0.25) is 0 Å². The van der Waals surface area contributed by atoms with Gasteiger partial charge in [-0.2, -0.15) is 0 Å². The second-order valence-corrected chi connectivity index (χ2v) is 12.7. The minimum absolute atomic E-state index is 0.0313. The van der Waals surface area contributed by atoms with Crippen molar-refractivity contribution in [3.05, 3.63) is 53.1 Å². The molecule has 0 spiro atoms. The summed E-state index contributed by atoms with van der Waals surface area (Å²) in [5.41, 5.74) is 6.78. The molecule has 1 aliphatic carbocycles. The Bertz CT molecular complexity index is 1350. The quantitative estimate of drug-likeness (QED) is 0.221. The highest BCUT2D eigenvalue weighted by atomic mass is 32.2. The van der Waals surface area contributed by atoms with Crippen molar-refractivity contribution in [2.24, 2.45) is 0 Å². The van der Waals surface area contributed by atoms with Crippen molar-refractivity contribution >= 4 is 28.8 Å². The molecule has 1 fully saturated rings. The maximum absolute atomic E-state index is 12.1. The summed E-state index contributed by atoms with van der Waals surface area (Å²) in [5, 5.41) is 14.4. The van der Waals surface area contributed by atoms with E-state index in [2.05, 4.69) is 59.2 Å². The number of aromatic nitrogens is 1. The number of aromatic carboxylic acids is 1. The number of likely N-dealkylation sites (N-methyl/N-ethyl adjacent to an activating group) is 2. The first kappa shape index (κ1) is 28.1. The first-order chi connectivity index (χ1) is 18.9. The van der Waals surface area contributed by atoms with Gasteiger partial charge in [0.1, 0.15) is 5.75 Å². The van der Waals surface area contributed by atoms with Crippen LogP contribution in [0.1, 0.15) is 86.2 Å². The average molecular weight is 550 g/mol. The summed E-state index contributed by atoms with van der Waals surface area (Å²) >= 11 is 2.01. The molecule has 2 aromatic carbocycles. The third kappa shape index (κ3) is 5.09. The lowest BCUT2D eigenvalue weighted by atomic mass is 9.85. The van der Waals surface area contributed by atoms with Crippen LogP contribution >= 0.6 is 11.9 Å². The van der Waals surface area contributed by atoms with E-state index in [0.29, 0.717) is 17.4 Å². The minimum Gasteiger partial charge on any atom is -0.497 e. The predicted molar refractivity (Wildman–Crippen MR) is 162 cm³/mol. The van der Waals surface area contributed by atoms with Crippen LogP contribution < -0.4 is 10.1 Å². The SMILES string of the molecule is CCCC(CCC)c1c2n(c3cc(C(=O)O)ccc13)CC1(SN(CC)CCNC)CC1c1cc(OC)ccc1-2. The fourth-order valence-corrected chi connectivity index (χ4v) is 8.20. The zero-order valence-electron chi connectivity index (χ0n) is 24.0. The molecule has 7 heteroatoms. The van der Waals surface area contributed by atoms with Crippen molar-refractivity contribution in [3.8, 4) is 17.0 Å². The van der Waals surface area contributed by atoms with Crippen LogP contribution in [0.3, 0.4) is 0 Å². The molecule has 2 aliphatic rings. The standard InChI is InChI=1S/C32H43N3O3S/c1-6-9-21(10-7-2)29-25-13-11-22(31(36)37)17-28(25)35-20-32(39-34(8-3)16-15-33-4)19-27(32)26-18-23(38-5)12-14-24(26)30(29)35/h11-14,17-18,21,27,33H,6-10,15-16,19-20H2,1-5H3,(H,36,37). The second-order valence-electron chi connectivity index (χ2n) is 11.2. The van der Waals surface area contributed by atoms with Crippen molar-refractivity contribution in [1.29, 1.82) is 0 Å². The monoisotopic (exact) mass is 549 g/mol. The third-order valence-corrected chi connectivity index (χ3v) is 10.3. The van der Waals surface area contributed by atoms with E-state index in [1.807, 2.05) is 25.1 Å². The molecule has 0 saturated heterocycles. The number of rotatable bonds is 13. The number of nitrogens with zero attached hydrogens (tertiary/aromatic N) is 2. The largest absolute Gasteiger partial charge is 0.497 e. The topological polar surface area (TPSA) is 66.7 Å². The normalized spacial score (nSPS) is 19.6. The molecule has 1 saturated carbocycles. The van der Waals surface area contributed by atoms with E-state index in [9.17, 15) is 9.90 Å². The molecule has 1 aliphatic heterocycles. The Morgan fingerprint density at radius 1 is 1.21 bits per heavy atom. The van der Waals surface area contributed by atoms with Gasteiger partial charge < -0.3 is 19.7 Å². The predicted octanol–water partition coefficient (Wildman–Crippen LogP) is 7.13. The van der Waals surface area contributed by atoms with Crippen molar-refractivity contribution in [2.45, 2.75) is 76.0 Å². The molecule has 6 nitrogen and oxygen atoms in total. The van der Waals surface area contributed by atoms with Crippen molar-refractivity contribution < 1.29 is 14.6 Å². The molecule has 0 amide bonds. The highest BCUT2D eigenvalue weighted by molar-refractivity contribution is 7.98. The van der Waals surface area contributed by atoms with Gasteiger partial charge in [-0.3, -0.25) is 0 Å². The smallest absolute Gasteiger partial charge is 0.335 e. The Morgan fingerprint density at radius 3 is 2.62 bits per heavy atom. The number of benzene rings is 2. The lowest BCUT2D eigenvalue weighted by Crippen LogP contribution is -2.30. The molecule has 2 heterocycles. The molecule has 1 aromatic heterocycles. The summed E-state index contributed by atoms with van der Waals surface area (Å²) in [7, 11) is 3.76. The average Bonchev–Trinajstić information content (AvgIpc) is 3.58. The zero-order valence-corrected chi connectivity index (χ0v) is 24.9. The molecule has 5 rings (SSSR count). The Hall–Kier alpha value is -2.48. The van der Waals surface area contributed by atoms with Crippen LogP contribution in [0, 0.1) is 0 Å². The summed E-state index contributed by atoms with van der Waals surface area (Å²) in [5.74, 6) is 0.895. The van der Waals surface area contributed by atoms with Crippen LogP contribution in [0.2, 0.25) is 0 Å². The third-order valence-electron chi connectivity index (χ3n) is 8.65. The maximum atomic E-state index is 12.1. The van der Waals surface area contributed by atoms with Crippen LogP contribution in [-0.4, -0.2) is 58.5 Å². The lowest BCUT2D eigenvalue weighted by Gasteiger charge is -2.27. The number of nitrogens with one attached hydrogen (secondary N) is 1.